The van der Waals surface area contributed by atoms with Crippen molar-refractivity contribution in [2.45, 2.75) is 103 Å². The van der Waals surface area contributed by atoms with Crippen LogP contribution in [0.1, 0.15) is 96.8 Å². The molecule has 0 aliphatic carbocycles. The summed E-state index contributed by atoms with van der Waals surface area (Å²) in [5, 5.41) is 3.41. The number of ketones is 1. The minimum atomic E-state index is 0.476. The van der Waals surface area contributed by atoms with Crippen molar-refractivity contribution in [1.29, 1.82) is 0 Å². The van der Waals surface area contributed by atoms with Crippen molar-refractivity contribution < 1.29 is 4.79 Å². The fourth-order valence-corrected chi connectivity index (χ4v) is 3.12. The summed E-state index contributed by atoms with van der Waals surface area (Å²) in [6, 6.07) is 0.491. The zero-order chi connectivity index (χ0) is 14.5. The van der Waals surface area contributed by atoms with E-state index in [1.807, 2.05) is 0 Å². The van der Waals surface area contributed by atoms with Gasteiger partial charge in [0.2, 0.25) is 0 Å². The fourth-order valence-electron chi connectivity index (χ4n) is 3.12. The molecule has 0 saturated carbocycles. The van der Waals surface area contributed by atoms with Crippen LogP contribution in [0.2, 0.25) is 0 Å². The lowest BCUT2D eigenvalue weighted by molar-refractivity contribution is -0.119. The number of unbranched alkanes of at least 4 members (excludes halogenated alkanes) is 9. The third-order valence-corrected chi connectivity index (χ3v) is 4.45. The standard InChI is InChI=1S/C18H35NO/c1-2-3-4-5-6-7-8-9-10-11-14-18(20)16-17-13-12-15-19-17/h17,19H,2-16H2,1H3. The maximum absolute atomic E-state index is 11.8. The molecule has 118 valence electrons. The van der Waals surface area contributed by atoms with E-state index in [0.717, 1.165) is 25.8 Å². The molecule has 0 amide bonds. The highest BCUT2D eigenvalue weighted by Crippen LogP contribution is 2.14. The second-order valence-electron chi connectivity index (χ2n) is 6.47. The highest BCUT2D eigenvalue weighted by atomic mass is 16.1. The van der Waals surface area contributed by atoms with E-state index in [1.54, 1.807) is 0 Å². The third-order valence-electron chi connectivity index (χ3n) is 4.45. The molecule has 1 N–H and O–H groups in total. The Balaban J connectivity index is 1.78. The SMILES string of the molecule is CCCCCCCCCCCCC(=O)CC1CCCN1. The monoisotopic (exact) mass is 281 g/mol. The Morgan fingerprint density at radius 2 is 1.55 bits per heavy atom. The molecular formula is C18H35NO. The molecule has 1 heterocycles. The van der Waals surface area contributed by atoms with Crippen LogP contribution in [0.5, 0.6) is 0 Å². The molecule has 1 saturated heterocycles. The lowest BCUT2D eigenvalue weighted by Gasteiger charge is -2.08. The van der Waals surface area contributed by atoms with E-state index in [4.69, 9.17) is 0 Å². The summed E-state index contributed by atoms with van der Waals surface area (Å²) in [5.74, 6) is 0.476. The van der Waals surface area contributed by atoms with Gasteiger partial charge in [0.25, 0.3) is 0 Å². The van der Waals surface area contributed by atoms with Crippen LogP contribution >= 0.6 is 0 Å². The highest BCUT2D eigenvalue weighted by molar-refractivity contribution is 5.78. The predicted octanol–water partition coefficient (Wildman–Crippen LogP) is 5.01. The molecule has 2 nitrogen and oxygen atoms in total. The van der Waals surface area contributed by atoms with E-state index in [0.29, 0.717) is 11.8 Å². The largest absolute Gasteiger partial charge is 0.314 e. The molecule has 2 heteroatoms. The summed E-state index contributed by atoms with van der Waals surface area (Å²) in [6.45, 7) is 3.38. The van der Waals surface area contributed by atoms with Crippen molar-refractivity contribution in [3.63, 3.8) is 0 Å². The maximum atomic E-state index is 11.8. The maximum Gasteiger partial charge on any atom is 0.134 e. The first kappa shape index (κ1) is 17.7. The molecule has 20 heavy (non-hydrogen) atoms. The van der Waals surface area contributed by atoms with Crippen LogP contribution in [0.4, 0.5) is 0 Å². The zero-order valence-corrected chi connectivity index (χ0v) is 13.6. The smallest absolute Gasteiger partial charge is 0.134 e. The molecule has 0 aromatic carbocycles. The van der Waals surface area contributed by atoms with Gasteiger partial charge >= 0.3 is 0 Å². The number of carbonyl (C=O) groups excluding carboxylic acids is 1. The van der Waals surface area contributed by atoms with Crippen LogP contribution in [0, 0.1) is 0 Å². The molecule has 1 atom stereocenters. The van der Waals surface area contributed by atoms with Gasteiger partial charge in [0, 0.05) is 18.9 Å². The van der Waals surface area contributed by atoms with E-state index < -0.39 is 0 Å². The van der Waals surface area contributed by atoms with Gasteiger partial charge in [0.15, 0.2) is 0 Å². The van der Waals surface area contributed by atoms with Crippen molar-refractivity contribution in [3.05, 3.63) is 0 Å². The Labute approximate surface area is 126 Å². The molecule has 1 fully saturated rings. The first-order valence-electron chi connectivity index (χ1n) is 9.08. The Morgan fingerprint density at radius 1 is 0.950 bits per heavy atom. The van der Waals surface area contributed by atoms with E-state index in [1.165, 1.54) is 70.6 Å². The van der Waals surface area contributed by atoms with E-state index in [9.17, 15) is 4.79 Å². The second-order valence-corrected chi connectivity index (χ2v) is 6.47. The van der Waals surface area contributed by atoms with Crippen molar-refractivity contribution in [3.8, 4) is 0 Å². The first-order valence-corrected chi connectivity index (χ1v) is 9.08. The number of hydrogen-bond acceptors (Lipinski definition) is 2. The molecule has 1 aliphatic rings. The van der Waals surface area contributed by atoms with Crippen molar-refractivity contribution in [2.75, 3.05) is 6.54 Å². The summed E-state index contributed by atoms with van der Waals surface area (Å²) in [7, 11) is 0. The molecule has 0 radical (unpaired) electrons. The van der Waals surface area contributed by atoms with Crippen LogP contribution in [-0.2, 0) is 4.79 Å². The summed E-state index contributed by atoms with van der Waals surface area (Å²) in [4.78, 5) is 11.8. The Bertz CT molecular complexity index is 234. The number of nitrogens with one attached hydrogen (secondary N) is 1. The first-order chi connectivity index (χ1) is 9.83. The fraction of sp³-hybridized carbons (Fsp3) is 0.944. The van der Waals surface area contributed by atoms with Gasteiger partial charge in [-0.25, -0.2) is 0 Å². The molecule has 1 unspecified atom stereocenters. The number of Topliss-reactive ketones (excluding diaryl/α,β-unsaturated/α-hetero) is 1. The van der Waals surface area contributed by atoms with Gasteiger partial charge in [-0.05, 0) is 25.8 Å². The lowest BCUT2D eigenvalue weighted by atomic mass is 10.0. The minimum absolute atomic E-state index is 0.476. The van der Waals surface area contributed by atoms with Crippen LogP contribution in [0.3, 0.4) is 0 Å². The molecule has 0 spiro atoms. The summed E-state index contributed by atoms with van der Waals surface area (Å²) in [6.07, 6.45) is 17.5. The predicted molar refractivity (Wildman–Crippen MR) is 87.1 cm³/mol. The average molecular weight is 281 g/mol. The van der Waals surface area contributed by atoms with Gasteiger partial charge in [-0.15, -0.1) is 0 Å². The molecule has 0 aromatic rings. The second kappa shape index (κ2) is 12.4. The molecular weight excluding hydrogens is 246 g/mol. The van der Waals surface area contributed by atoms with Gasteiger partial charge in [-0.2, -0.15) is 0 Å². The van der Waals surface area contributed by atoms with Gasteiger partial charge in [-0.3, -0.25) is 4.79 Å². The Kier molecular flexibility index (Phi) is 10.9. The van der Waals surface area contributed by atoms with Crippen molar-refractivity contribution >= 4 is 5.78 Å². The van der Waals surface area contributed by atoms with Gasteiger partial charge in [0.05, 0.1) is 0 Å². The average Bonchev–Trinajstić information content (AvgIpc) is 2.93. The van der Waals surface area contributed by atoms with Crippen LogP contribution in [-0.4, -0.2) is 18.4 Å². The van der Waals surface area contributed by atoms with Crippen LogP contribution in [0.25, 0.3) is 0 Å². The van der Waals surface area contributed by atoms with Crippen LogP contribution in [0.15, 0.2) is 0 Å². The van der Waals surface area contributed by atoms with Crippen molar-refractivity contribution in [2.24, 2.45) is 0 Å². The van der Waals surface area contributed by atoms with Crippen LogP contribution < -0.4 is 5.32 Å². The van der Waals surface area contributed by atoms with E-state index in [-0.39, 0.29) is 0 Å². The molecule has 0 bridgehead atoms. The lowest BCUT2D eigenvalue weighted by Crippen LogP contribution is -2.24. The normalized spacial score (nSPS) is 18.6. The van der Waals surface area contributed by atoms with Gasteiger partial charge in [0.1, 0.15) is 5.78 Å². The highest BCUT2D eigenvalue weighted by Gasteiger charge is 2.16. The minimum Gasteiger partial charge on any atom is -0.314 e. The third kappa shape index (κ3) is 9.52. The number of hydrogen-bond donors (Lipinski definition) is 1. The van der Waals surface area contributed by atoms with E-state index in [2.05, 4.69) is 12.2 Å². The topological polar surface area (TPSA) is 29.1 Å². The van der Waals surface area contributed by atoms with Gasteiger partial charge in [-0.1, -0.05) is 64.7 Å². The Hall–Kier alpha value is -0.370. The molecule has 0 aromatic heterocycles. The summed E-state index contributed by atoms with van der Waals surface area (Å²) >= 11 is 0. The molecule has 1 aliphatic heterocycles. The van der Waals surface area contributed by atoms with Crippen molar-refractivity contribution in [1.82, 2.24) is 5.32 Å². The van der Waals surface area contributed by atoms with E-state index >= 15 is 0 Å². The quantitative estimate of drug-likeness (QED) is 0.481. The molecule has 1 rings (SSSR count). The number of rotatable bonds is 13. The van der Waals surface area contributed by atoms with Gasteiger partial charge < -0.3 is 5.32 Å². The summed E-state index contributed by atoms with van der Waals surface area (Å²) < 4.78 is 0. The zero-order valence-electron chi connectivity index (χ0n) is 13.6. The Morgan fingerprint density at radius 3 is 2.10 bits per heavy atom. The number of carbonyl (C=O) groups is 1. The summed E-state index contributed by atoms with van der Waals surface area (Å²) in [5.41, 5.74) is 0.